The number of carbonyl (C=O) groups excluding carboxylic acids is 1. The summed E-state index contributed by atoms with van der Waals surface area (Å²) in [7, 11) is 0. The highest BCUT2D eigenvalue weighted by Gasteiger charge is 2.10. The second kappa shape index (κ2) is 7.80. The van der Waals surface area contributed by atoms with Crippen molar-refractivity contribution in [1.29, 1.82) is 0 Å². The lowest BCUT2D eigenvalue weighted by Gasteiger charge is -2.13. The zero-order valence-corrected chi connectivity index (χ0v) is 13.1. The molecule has 0 aliphatic heterocycles. The first kappa shape index (κ1) is 16.3. The van der Waals surface area contributed by atoms with Crippen molar-refractivity contribution in [2.75, 3.05) is 6.54 Å². The van der Waals surface area contributed by atoms with Gasteiger partial charge in [0.15, 0.2) is 0 Å². The maximum absolute atomic E-state index is 11.8. The predicted molar refractivity (Wildman–Crippen MR) is 85.5 cm³/mol. The number of benzene rings is 1. The van der Waals surface area contributed by atoms with Crippen LogP contribution in [0.1, 0.15) is 49.2 Å². The van der Waals surface area contributed by atoms with Gasteiger partial charge in [0, 0.05) is 19.4 Å². The molecular formula is C18H23NO3. The van der Waals surface area contributed by atoms with Gasteiger partial charge < -0.3 is 14.8 Å². The maximum Gasteiger partial charge on any atom is 0.220 e. The van der Waals surface area contributed by atoms with Gasteiger partial charge in [-0.3, -0.25) is 4.79 Å². The molecule has 0 aliphatic rings. The van der Waals surface area contributed by atoms with Gasteiger partial charge in [-0.25, -0.2) is 0 Å². The van der Waals surface area contributed by atoms with Crippen molar-refractivity contribution < 1.29 is 14.3 Å². The molecule has 1 amide bonds. The number of hydrogen-bond donors (Lipinski definition) is 2. The minimum absolute atomic E-state index is 0.0887. The lowest BCUT2D eigenvalue weighted by atomic mass is 10.00. The molecule has 0 saturated heterocycles. The molecule has 22 heavy (non-hydrogen) atoms. The van der Waals surface area contributed by atoms with Crippen LogP contribution in [-0.2, 0) is 11.2 Å². The van der Waals surface area contributed by atoms with Crippen LogP contribution in [0.3, 0.4) is 0 Å². The van der Waals surface area contributed by atoms with E-state index in [9.17, 15) is 9.90 Å². The van der Waals surface area contributed by atoms with Gasteiger partial charge in [0.05, 0.1) is 12.4 Å². The van der Waals surface area contributed by atoms with E-state index < -0.39 is 6.10 Å². The molecule has 4 nitrogen and oxygen atoms in total. The highest BCUT2D eigenvalue weighted by molar-refractivity contribution is 5.76. The maximum atomic E-state index is 11.8. The molecule has 2 rings (SSSR count). The van der Waals surface area contributed by atoms with Crippen LogP contribution in [0.5, 0.6) is 0 Å². The zero-order valence-electron chi connectivity index (χ0n) is 13.1. The van der Waals surface area contributed by atoms with Gasteiger partial charge in [-0.15, -0.1) is 0 Å². The van der Waals surface area contributed by atoms with Crippen LogP contribution in [0, 0.1) is 0 Å². The molecule has 2 aromatic rings. The minimum Gasteiger partial charge on any atom is -0.469 e. The fourth-order valence-electron chi connectivity index (χ4n) is 2.21. The molecule has 1 aromatic carbocycles. The highest BCUT2D eigenvalue weighted by Crippen LogP contribution is 2.18. The smallest absolute Gasteiger partial charge is 0.220 e. The number of carbonyl (C=O) groups is 1. The van der Waals surface area contributed by atoms with E-state index in [2.05, 4.69) is 19.2 Å². The molecule has 118 valence electrons. The molecule has 4 heteroatoms. The van der Waals surface area contributed by atoms with Crippen LogP contribution in [-0.4, -0.2) is 17.6 Å². The van der Waals surface area contributed by atoms with Crippen LogP contribution < -0.4 is 5.32 Å². The Morgan fingerprint density at radius 1 is 1.18 bits per heavy atom. The standard InChI is InChI=1S/C18H23NO3/c1-13(2)14-5-7-15(8-6-14)17(20)12-19-18(21)10-9-16-4-3-11-22-16/h3-8,11,13,17,20H,9-10,12H2,1-2H3,(H,19,21). The summed E-state index contributed by atoms with van der Waals surface area (Å²) in [4.78, 5) is 11.8. The van der Waals surface area contributed by atoms with Gasteiger partial charge in [0.2, 0.25) is 5.91 Å². The highest BCUT2D eigenvalue weighted by atomic mass is 16.3. The van der Waals surface area contributed by atoms with Gasteiger partial charge >= 0.3 is 0 Å². The van der Waals surface area contributed by atoms with Crippen molar-refractivity contribution in [1.82, 2.24) is 5.32 Å². The predicted octanol–water partition coefficient (Wildman–Crippen LogP) is 3.19. The van der Waals surface area contributed by atoms with Crippen molar-refractivity contribution in [3.8, 4) is 0 Å². The van der Waals surface area contributed by atoms with Gasteiger partial charge in [-0.2, -0.15) is 0 Å². The molecule has 1 aromatic heterocycles. The lowest BCUT2D eigenvalue weighted by Crippen LogP contribution is -2.28. The average molecular weight is 301 g/mol. The summed E-state index contributed by atoms with van der Waals surface area (Å²) in [6, 6.07) is 11.5. The van der Waals surface area contributed by atoms with Crippen molar-refractivity contribution in [3.05, 3.63) is 59.5 Å². The van der Waals surface area contributed by atoms with Crippen LogP contribution in [0.4, 0.5) is 0 Å². The third kappa shape index (κ3) is 4.74. The Morgan fingerprint density at radius 2 is 1.86 bits per heavy atom. The van der Waals surface area contributed by atoms with Crippen LogP contribution in [0.25, 0.3) is 0 Å². The Balaban J connectivity index is 1.76. The first-order valence-corrected chi connectivity index (χ1v) is 7.63. The van der Waals surface area contributed by atoms with E-state index in [0.717, 1.165) is 11.3 Å². The molecule has 0 spiro atoms. The molecule has 0 bridgehead atoms. The fourth-order valence-corrected chi connectivity index (χ4v) is 2.21. The normalized spacial score (nSPS) is 12.4. The topological polar surface area (TPSA) is 62.5 Å². The summed E-state index contributed by atoms with van der Waals surface area (Å²) in [6.07, 6.45) is 1.83. The van der Waals surface area contributed by atoms with Gasteiger partial charge in [0.1, 0.15) is 5.76 Å². The number of aliphatic hydroxyl groups excluding tert-OH is 1. The first-order chi connectivity index (χ1) is 10.6. The number of amides is 1. The van der Waals surface area contributed by atoms with Crippen molar-refractivity contribution >= 4 is 5.91 Å². The van der Waals surface area contributed by atoms with E-state index in [1.54, 1.807) is 12.3 Å². The van der Waals surface area contributed by atoms with Crippen LogP contribution >= 0.6 is 0 Å². The van der Waals surface area contributed by atoms with E-state index in [1.807, 2.05) is 30.3 Å². The van der Waals surface area contributed by atoms with E-state index in [1.165, 1.54) is 5.56 Å². The minimum atomic E-state index is -0.686. The quantitative estimate of drug-likeness (QED) is 0.825. The van der Waals surface area contributed by atoms with Gasteiger partial charge in [-0.05, 0) is 29.2 Å². The van der Waals surface area contributed by atoms with E-state index >= 15 is 0 Å². The number of hydrogen-bond acceptors (Lipinski definition) is 3. The summed E-state index contributed by atoms with van der Waals surface area (Å²) in [5.41, 5.74) is 2.05. The van der Waals surface area contributed by atoms with E-state index in [-0.39, 0.29) is 12.5 Å². The van der Waals surface area contributed by atoms with Crippen molar-refractivity contribution in [3.63, 3.8) is 0 Å². The molecule has 1 atom stereocenters. The molecule has 1 unspecified atom stereocenters. The summed E-state index contributed by atoms with van der Waals surface area (Å²) >= 11 is 0. The zero-order chi connectivity index (χ0) is 15.9. The number of rotatable bonds is 7. The number of aliphatic hydroxyl groups is 1. The van der Waals surface area contributed by atoms with E-state index in [0.29, 0.717) is 18.8 Å². The van der Waals surface area contributed by atoms with E-state index in [4.69, 9.17) is 4.42 Å². The largest absolute Gasteiger partial charge is 0.469 e. The molecule has 0 fully saturated rings. The second-order valence-electron chi connectivity index (χ2n) is 5.72. The van der Waals surface area contributed by atoms with Crippen LogP contribution in [0.2, 0.25) is 0 Å². The molecule has 0 saturated carbocycles. The fraction of sp³-hybridized carbons (Fsp3) is 0.389. The van der Waals surface area contributed by atoms with Gasteiger partial charge in [0.25, 0.3) is 0 Å². The van der Waals surface area contributed by atoms with Crippen LogP contribution in [0.15, 0.2) is 47.1 Å². The third-order valence-corrected chi connectivity index (χ3v) is 3.66. The van der Waals surface area contributed by atoms with Crippen molar-refractivity contribution in [2.45, 2.75) is 38.7 Å². The average Bonchev–Trinajstić information content (AvgIpc) is 3.04. The molecular weight excluding hydrogens is 278 g/mol. The molecule has 1 heterocycles. The Labute approximate surface area is 131 Å². The Morgan fingerprint density at radius 3 is 2.45 bits per heavy atom. The first-order valence-electron chi connectivity index (χ1n) is 7.63. The summed E-state index contributed by atoms with van der Waals surface area (Å²) in [5, 5.41) is 12.9. The summed E-state index contributed by atoms with van der Waals surface area (Å²) < 4.78 is 5.18. The summed E-state index contributed by atoms with van der Waals surface area (Å²) in [6.45, 7) is 4.48. The summed E-state index contributed by atoms with van der Waals surface area (Å²) in [5.74, 6) is 1.17. The Kier molecular flexibility index (Phi) is 5.78. The monoisotopic (exact) mass is 301 g/mol. The SMILES string of the molecule is CC(C)c1ccc(C(O)CNC(=O)CCc2ccco2)cc1. The number of nitrogens with one attached hydrogen (secondary N) is 1. The number of aryl methyl sites for hydroxylation is 1. The van der Waals surface area contributed by atoms with Gasteiger partial charge in [-0.1, -0.05) is 38.1 Å². The second-order valence-corrected chi connectivity index (χ2v) is 5.72. The van der Waals surface area contributed by atoms with Crippen molar-refractivity contribution in [2.24, 2.45) is 0 Å². The third-order valence-electron chi connectivity index (χ3n) is 3.66. The lowest BCUT2D eigenvalue weighted by molar-refractivity contribution is -0.121. The Hall–Kier alpha value is -2.07. The Bertz CT molecular complexity index is 573. The molecule has 0 radical (unpaired) electrons. The molecule has 0 aliphatic carbocycles. The number of furan rings is 1. The molecule has 2 N–H and O–H groups in total.